The molecule has 0 bridgehead atoms. The summed E-state index contributed by atoms with van der Waals surface area (Å²) in [5.74, 6) is -1.68. The number of hydrogen-bond acceptors (Lipinski definition) is 4. The van der Waals surface area contributed by atoms with Gasteiger partial charge in [-0.1, -0.05) is 31.4 Å². The number of carbonyl (C=O) groups excluding carboxylic acids is 2. The van der Waals surface area contributed by atoms with Gasteiger partial charge in [-0.15, -0.1) is 0 Å². The zero-order valence-corrected chi connectivity index (χ0v) is 14.9. The molecule has 3 rings (SSSR count). The topological polar surface area (TPSA) is 83.6 Å². The highest BCUT2D eigenvalue weighted by Gasteiger charge is 2.43. The lowest BCUT2D eigenvalue weighted by molar-refractivity contribution is -0.119. The Hall–Kier alpha value is -1.60. The lowest BCUT2D eigenvalue weighted by Crippen LogP contribution is -2.33. The summed E-state index contributed by atoms with van der Waals surface area (Å²) >= 11 is 6.10. The third-order valence-electron chi connectivity index (χ3n) is 4.48. The summed E-state index contributed by atoms with van der Waals surface area (Å²) in [6.45, 7) is 1.56. The first kappa shape index (κ1) is 17.2. The summed E-state index contributed by atoms with van der Waals surface area (Å²) in [5.41, 5.74) is 0.342. The van der Waals surface area contributed by atoms with Gasteiger partial charge < -0.3 is 5.32 Å². The van der Waals surface area contributed by atoms with Crippen LogP contribution in [0.15, 0.2) is 18.2 Å². The first-order chi connectivity index (χ1) is 11.3. The fraction of sp³-hybridized carbons (Fsp3) is 0.500. The van der Waals surface area contributed by atoms with E-state index in [9.17, 15) is 18.0 Å². The highest BCUT2D eigenvalue weighted by Crippen LogP contribution is 2.34. The molecule has 1 heterocycles. The van der Waals surface area contributed by atoms with Crippen molar-refractivity contribution in [2.45, 2.75) is 38.6 Å². The van der Waals surface area contributed by atoms with Gasteiger partial charge in [-0.25, -0.2) is 12.7 Å². The van der Waals surface area contributed by atoms with Crippen molar-refractivity contribution < 1.29 is 18.0 Å². The molecule has 130 valence electrons. The van der Waals surface area contributed by atoms with Crippen LogP contribution in [0.1, 0.15) is 43.0 Å². The Morgan fingerprint density at radius 2 is 1.96 bits per heavy atom. The van der Waals surface area contributed by atoms with Crippen molar-refractivity contribution in [3.63, 3.8) is 0 Å². The summed E-state index contributed by atoms with van der Waals surface area (Å²) in [7, 11) is -3.76. The maximum absolute atomic E-state index is 12.4. The normalized spacial score (nSPS) is 23.7. The minimum Gasteiger partial charge on any atom is -0.349 e. The maximum Gasteiger partial charge on any atom is 0.251 e. The second-order valence-corrected chi connectivity index (χ2v) is 8.67. The van der Waals surface area contributed by atoms with E-state index in [1.54, 1.807) is 6.92 Å². The smallest absolute Gasteiger partial charge is 0.251 e. The first-order valence-electron chi connectivity index (χ1n) is 7.97. The average Bonchev–Trinajstić information content (AvgIpc) is 3.07. The van der Waals surface area contributed by atoms with E-state index in [0.717, 1.165) is 30.0 Å². The van der Waals surface area contributed by atoms with E-state index in [1.807, 2.05) is 0 Å². The van der Waals surface area contributed by atoms with Gasteiger partial charge in [-0.3, -0.25) is 9.59 Å². The monoisotopic (exact) mass is 370 g/mol. The summed E-state index contributed by atoms with van der Waals surface area (Å²) in [5, 5.41) is 3.06. The van der Waals surface area contributed by atoms with Gasteiger partial charge in [0.15, 0.2) is 0 Å². The summed E-state index contributed by atoms with van der Waals surface area (Å²) in [6, 6.07) is 4.51. The molecule has 1 aromatic rings. The minimum absolute atomic E-state index is 0.0464. The fourth-order valence-electron chi connectivity index (χ4n) is 3.22. The van der Waals surface area contributed by atoms with Gasteiger partial charge in [0, 0.05) is 11.6 Å². The molecule has 1 aliphatic heterocycles. The number of rotatable bonds is 3. The van der Waals surface area contributed by atoms with Crippen LogP contribution in [0.25, 0.3) is 0 Å². The van der Waals surface area contributed by atoms with Crippen LogP contribution in [0, 0.1) is 5.92 Å². The van der Waals surface area contributed by atoms with Gasteiger partial charge >= 0.3 is 0 Å². The molecule has 1 aliphatic carbocycles. The molecule has 1 unspecified atom stereocenters. The van der Waals surface area contributed by atoms with Crippen molar-refractivity contribution >= 4 is 39.1 Å². The molecule has 1 aromatic carbocycles. The van der Waals surface area contributed by atoms with Crippen molar-refractivity contribution in [2.24, 2.45) is 5.92 Å². The van der Waals surface area contributed by atoms with E-state index in [0.29, 0.717) is 5.56 Å². The molecule has 1 N–H and O–H groups in total. The molecule has 6 nitrogen and oxygen atoms in total. The maximum atomic E-state index is 12.4. The molecule has 2 aliphatic rings. The molecule has 2 amide bonds. The van der Waals surface area contributed by atoms with Crippen molar-refractivity contribution in [2.75, 3.05) is 10.1 Å². The van der Waals surface area contributed by atoms with Gasteiger partial charge in [0.1, 0.15) is 0 Å². The third-order valence-corrected chi connectivity index (χ3v) is 6.65. The highest BCUT2D eigenvalue weighted by molar-refractivity contribution is 7.94. The Bertz CT molecular complexity index is 787. The Morgan fingerprint density at radius 1 is 1.29 bits per heavy atom. The Kier molecular flexibility index (Phi) is 4.57. The van der Waals surface area contributed by atoms with Crippen LogP contribution in [-0.2, 0) is 14.8 Å². The molecule has 8 heteroatoms. The summed E-state index contributed by atoms with van der Waals surface area (Å²) < 4.78 is 25.2. The summed E-state index contributed by atoms with van der Waals surface area (Å²) in [6.07, 6.45) is 4.08. The zero-order valence-electron chi connectivity index (χ0n) is 13.3. The number of hydrogen-bond donors (Lipinski definition) is 1. The van der Waals surface area contributed by atoms with Crippen LogP contribution < -0.4 is 9.62 Å². The first-order valence-corrected chi connectivity index (χ1v) is 9.95. The number of sulfonamides is 1. The number of amides is 2. The van der Waals surface area contributed by atoms with Crippen molar-refractivity contribution in [3.05, 3.63) is 28.8 Å². The molecule has 1 atom stereocenters. The lowest BCUT2D eigenvalue weighted by atomic mass is 10.1. The summed E-state index contributed by atoms with van der Waals surface area (Å²) in [4.78, 5) is 24.6. The van der Waals surface area contributed by atoms with Crippen LogP contribution in [0.3, 0.4) is 0 Å². The molecule has 0 radical (unpaired) electrons. The van der Waals surface area contributed by atoms with Gasteiger partial charge in [-0.2, -0.15) is 0 Å². The third kappa shape index (κ3) is 3.15. The zero-order chi connectivity index (χ0) is 17.5. The molecule has 2 fully saturated rings. The standard InChI is InChI=1S/C16H19ClN2O4S/c1-10-9-24(22,23)19(16(10)21)14-8-11(6-7-13(14)17)15(20)18-12-4-2-3-5-12/h6-8,10,12H,2-5,9H2,1H3,(H,18,20). The Labute approximate surface area is 146 Å². The van der Waals surface area contributed by atoms with Gasteiger partial charge in [0.05, 0.1) is 22.4 Å². The van der Waals surface area contributed by atoms with E-state index in [2.05, 4.69) is 5.32 Å². The van der Waals surface area contributed by atoms with Crippen LogP contribution in [0.4, 0.5) is 5.69 Å². The molecule has 1 saturated carbocycles. The number of nitrogens with zero attached hydrogens (tertiary/aromatic N) is 1. The number of nitrogens with one attached hydrogen (secondary N) is 1. The molecule has 24 heavy (non-hydrogen) atoms. The van der Waals surface area contributed by atoms with Gasteiger partial charge in [-0.05, 0) is 31.0 Å². The second-order valence-electron chi connectivity index (χ2n) is 6.40. The second kappa shape index (κ2) is 6.37. The lowest BCUT2D eigenvalue weighted by Gasteiger charge is -2.18. The molecular formula is C16H19ClN2O4S. The van der Waals surface area contributed by atoms with E-state index < -0.39 is 21.8 Å². The largest absolute Gasteiger partial charge is 0.349 e. The van der Waals surface area contributed by atoms with E-state index >= 15 is 0 Å². The van der Waals surface area contributed by atoms with E-state index in [4.69, 9.17) is 11.6 Å². The quantitative estimate of drug-likeness (QED) is 0.885. The van der Waals surface area contributed by atoms with E-state index in [-0.39, 0.29) is 28.4 Å². The Balaban J connectivity index is 1.92. The van der Waals surface area contributed by atoms with Crippen molar-refractivity contribution in [3.8, 4) is 0 Å². The van der Waals surface area contributed by atoms with Crippen molar-refractivity contribution in [1.29, 1.82) is 0 Å². The van der Waals surface area contributed by atoms with E-state index in [1.165, 1.54) is 18.2 Å². The predicted octanol–water partition coefficient (Wildman–Crippen LogP) is 2.32. The van der Waals surface area contributed by atoms with Crippen LogP contribution in [0.5, 0.6) is 0 Å². The van der Waals surface area contributed by atoms with Crippen molar-refractivity contribution in [1.82, 2.24) is 5.32 Å². The van der Waals surface area contributed by atoms with Crippen LogP contribution in [0.2, 0.25) is 5.02 Å². The molecular weight excluding hydrogens is 352 g/mol. The Morgan fingerprint density at radius 3 is 2.54 bits per heavy atom. The molecule has 1 saturated heterocycles. The van der Waals surface area contributed by atoms with Gasteiger partial charge in [0.25, 0.3) is 5.91 Å². The number of benzene rings is 1. The molecule has 0 spiro atoms. The SMILES string of the molecule is CC1CS(=O)(=O)N(c2cc(C(=O)NC3CCCC3)ccc2Cl)C1=O. The molecule has 0 aromatic heterocycles. The highest BCUT2D eigenvalue weighted by atomic mass is 35.5. The minimum atomic E-state index is -3.76. The van der Waals surface area contributed by atoms with Crippen LogP contribution in [-0.4, -0.2) is 32.0 Å². The number of halogens is 1. The van der Waals surface area contributed by atoms with Crippen LogP contribution >= 0.6 is 11.6 Å². The fourth-order valence-corrected chi connectivity index (χ4v) is 5.30. The average molecular weight is 371 g/mol. The number of anilines is 1. The predicted molar refractivity (Wildman–Crippen MR) is 91.6 cm³/mol. The number of carbonyl (C=O) groups is 2. The van der Waals surface area contributed by atoms with Gasteiger partial charge in [0.2, 0.25) is 15.9 Å².